The molecule has 0 heterocycles. The Bertz CT molecular complexity index is 275. The van der Waals surface area contributed by atoms with E-state index >= 15 is 0 Å². The van der Waals surface area contributed by atoms with Crippen LogP contribution in [0.3, 0.4) is 0 Å². The van der Waals surface area contributed by atoms with Crippen molar-refractivity contribution < 1.29 is 19.8 Å². The Morgan fingerprint density at radius 2 is 1.35 bits per heavy atom. The molecule has 0 aliphatic carbocycles. The minimum absolute atomic E-state index is 0.192. The summed E-state index contributed by atoms with van der Waals surface area (Å²) in [5.74, 6) is -0.873. The molecule has 20 heavy (non-hydrogen) atoms. The highest BCUT2D eigenvalue weighted by molar-refractivity contribution is 6.10. The first kappa shape index (κ1) is 19.3. The van der Waals surface area contributed by atoms with Gasteiger partial charge >= 0.3 is 0 Å². The molecular weight excluding hydrogens is 256 g/mol. The van der Waals surface area contributed by atoms with E-state index in [4.69, 9.17) is 0 Å². The number of ketones is 2. The molecule has 0 unspecified atom stereocenters. The average Bonchev–Trinajstić information content (AvgIpc) is 2.38. The standard InChI is InChI=1S/C16H30O4/c1-4-6-8-10-14(18)16(20,12-13(3)17)15(19)11-9-7-5-2/h13,17,20H,4-12H2,1-3H3/t13-/m1/s1. The third-order valence-corrected chi connectivity index (χ3v) is 3.53. The SMILES string of the molecule is CCCCCC(=O)C(O)(C[C@@H](C)O)C(=O)CCCCC. The van der Waals surface area contributed by atoms with Gasteiger partial charge in [0.1, 0.15) is 0 Å². The molecule has 0 aromatic heterocycles. The second-order valence-corrected chi connectivity index (χ2v) is 5.67. The lowest BCUT2D eigenvalue weighted by Crippen LogP contribution is -2.48. The first-order chi connectivity index (χ1) is 9.38. The highest BCUT2D eigenvalue weighted by Gasteiger charge is 2.42. The molecule has 0 aromatic carbocycles. The minimum Gasteiger partial charge on any atom is -0.393 e. The monoisotopic (exact) mass is 286 g/mol. The molecule has 1 atom stereocenters. The number of Topliss-reactive ketones (excluding diaryl/α,β-unsaturated/α-hetero) is 2. The summed E-state index contributed by atoms with van der Waals surface area (Å²) in [5, 5.41) is 19.9. The Morgan fingerprint density at radius 3 is 1.65 bits per heavy atom. The van der Waals surface area contributed by atoms with E-state index in [9.17, 15) is 19.8 Å². The van der Waals surface area contributed by atoms with E-state index in [0.717, 1.165) is 25.7 Å². The number of aliphatic hydroxyl groups is 2. The largest absolute Gasteiger partial charge is 0.393 e. The molecule has 0 rings (SSSR count). The van der Waals surface area contributed by atoms with Gasteiger partial charge in [-0.2, -0.15) is 0 Å². The van der Waals surface area contributed by atoms with Gasteiger partial charge in [-0.3, -0.25) is 9.59 Å². The van der Waals surface area contributed by atoms with Crippen LogP contribution in [0.2, 0.25) is 0 Å². The van der Waals surface area contributed by atoms with E-state index in [1.807, 2.05) is 13.8 Å². The van der Waals surface area contributed by atoms with Gasteiger partial charge in [0.2, 0.25) is 0 Å². The first-order valence-electron chi connectivity index (χ1n) is 7.85. The van der Waals surface area contributed by atoms with Crippen LogP contribution >= 0.6 is 0 Å². The van der Waals surface area contributed by atoms with Crippen molar-refractivity contribution in [2.24, 2.45) is 0 Å². The van der Waals surface area contributed by atoms with Gasteiger partial charge in [0.05, 0.1) is 6.10 Å². The number of rotatable bonds is 12. The second kappa shape index (κ2) is 10.1. The normalized spacial score (nSPS) is 13.2. The summed E-state index contributed by atoms with van der Waals surface area (Å²) < 4.78 is 0. The molecule has 0 aliphatic heterocycles. The van der Waals surface area contributed by atoms with E-state index in [1.165, 1.54) is 6.92 Å². The summed E-state index contributed by atoms with van der Waals surface area (Å²) in [4.78, 5) is 24.3. The van der Waals surface area contributed by atoms with Crippen molar-refractivity contribution in [2.45, 2.75) is 90.3 Å². The molecule has 0 bridgehead atoms. The Balaban J connectivity index is 4.70. The number of carbonyl (C=O) groups excluding carboxylic acids is 2. The lowest BCUT2D eigenvalue weighted by atomic mass is 9.83. The molecule has 118 valence electrons. The van der Waals surface area contributed by atoms with E-state index in [2.05, 4.69) is 0 Å². The molecule has 0 spiro atoms. The maximum atomic E-state index is 12.2. The molecule has 0 radical (unpaired) electrons. The number of carbonyl (C=O) groups is 2. The number of hydrogen-bond acceptors (Lipinski definition) is 4. The third kappa shape index (κ3) is 6.62. The second-order valence-electron chi connectivity index (χ2n) is 5.67. The maximum Gasteiger partial charge on any atom is 0.183 e. The third-order valence-electron chi connectivity index (χ3n) is 3.53. The van der Waals surface area contributed by atoms with E-state index in [1.54, 1.807) is 0 Å². The molecule has 0 amide bonds. The van der Waals surface area contributed by atoms with Gasteiger partial charge in [0, 0.05) is 19.3 Å². The van der Waals surface area contributed by atoms with E-state index in [0.29, 0.717) is 12.8 Å². The van der Waals surface area contributed by atoms with Crippen LogP contribution in [-0.2, 0) is 9.59 Å². The summed E-state index contributed by atoms with van der Waals surface area (Å²) in [7, 11) is 0. The van der Waals surface area contributed by atoms with E-state index in [-0.39, 0.29) is 19.3 Å². The van der Waals surface area contributed by atoms with Crippen molar-refractivity contribution in [3.8, 4) is 0 Å². The lowest BCUT2D eigenvalue weighted by Gasteiger charge is -2.26. The smallest absolute Gasteiger partial charge is 0.183 e. The van der Waals surface area contributed by atoms with Crippen LogP contribution in [0.15, 0.2) is 0 Å². The highest BCUT2D eigenvalue weighted by Crippen LogP contribution is 2.22. The van der Waals surface area contributed by atoms with Crippen molar-refractivity contribution in [1.29, 1.82) is 0 Å². The molecule has 0 aromatic rings. The van der Waals surface area contributed by atoms with Gasteiger partial charge in [-0.25, -0.2) is 0 Å². The molecule has 0 saturated heterocycles. The molecule has 2 N–H and O–H groups in total. The number of aliphatic hydroxyl groups excluding tert-OH is 1. The fourth-order valence-electron chi connectivity index (χ4n) is 2.30. The van der Waals surface area contributed by atoms with Gasteiger partial charge in [-0.1, -0.05) is 39.5 Å². The molecule has 4 nitrogen and oxygen atoms in total. The number of unbranched alkanes of at least 4 members (excludes halogenated alkanes) is 4. The number of hydrogen-bond donors (Lipinski definition) is 2. The van der Waals surface area contributed by atoms with Gasteiger partial charge < -0.3 is 10.2 Å². The Labute approximate surface area is 122 Å². The predicted molar refractivity (Wildman–Crippen MR) is 79.5 cm³/mol. The van der Waals surface area contributed by atoms with Crippen molar-refractivity contribution in [3.05, 3.63) is 0 Å². The van der Waals surface area contributed by atoms with Gasteiger partial charge in [-0.05, 0) is 19.8 Å². The van der Waals surface area contributed by atoms with Crippen molar-refractivity contribution >= 4 is 11.6 Å². The Morgan fingerprint density at radius 1 is 0.950 bits per heavy atom. The molecule has 0 saturated carbocycles. The molecule has 4 heteroatoms. The first-order valence-corrected chi connectivity index (χ1v) is 7.85. The van der Waals surface area contributed by atoms with E-state index < -0.39 is 23.3 Å². The summed E-state index contributed by atoms with van der Waals surface area (Å²) in [6.07, 6.45) is 4.47. The van der Waals surface area contributed by atoms with Crippen LogP contribution in [0.5, 0.6) is 0 Å². The van der Waals surface area contributed by atoms with Crippen molar-refractivity contribution in [3.63, 3.8) is 0 Å². The van der Waals surface area contributed by atoms with Crippen LogP contribution in [-0.4, -0.2) is 33.5 Å². The maximum absolute atomic E-state index is 12.2. The average molecular weight is 286 g/mol. The zero-order valence-corrected chi connectivity index (χ0v) is 13.2. The van der Waals surface area contributed by atoms with Crippen molar-refractivity contribution in [1.82, 2.24) is 0 Å². The zero-order valence-electron chi connectivity index (χ0n) is 13.2. The molecule has 0 fully saturated rings. The van der Waals surface area contributed by atoms with Crippen LogP contribution in [0.25, 0.3) is 0 Å². The van der Waals surface area contributed by atoms with Crippen molar-refractivity contribution in [2.75, 3.05) is 0 Å². The van der Waals surface area contributed by atoms with Crippen LogP contribution in [0, 0.1) is 0 Å². The van der Waals surface area contributed by atoms with Crippen LogP contribution in [0.1, 0.15) is 78.6 Å². The summed E-state index contributed by atoms with van der Waals surface area (Å²) in [6, 6.07) is 0. The Hall–Kier alpha value is -0.740. The fourth-order valence-corrected chi connectivity index (χ4v) is 2.30. The lowest BCUT2D eigenvalue weighted by molar-refractivity contribution is -0.154. The summed E-state index contributed by atoms with van der Waals surface area (Å²) >= 11 is 0. The predicted octanol–water partition coefficient (Wildman–Crippen LogP) is 2.79. The topological polar surface area (TPSA) is 74.6 Å². The zero-order chi connectivity index (χ0) is 15.6. The van der Waals surface area contributed by atoms with Crippen LogP contribution in [0.4, 0.5) is 0 Å². The quantitative estimate of drug-likeness (QED) is 0.427. The Kier molecular flexibility index (Phi) is 9.68. The van der Waals surface area contributed by atoms with Gasteiger partial charge in [0.15, 0.2) is 17.2 Å². The van der Waals surface area contributed by atoms with Crippen LogP contribution < -0.4 is 0 Å². The molecular formula is C16H30O4. The molecule has 0 aliphatic rings. The summed E-state index contributed by atoms with van der Waals surface area (Å²) in [6.45, 7) is 5.55. The van der Waals surface area contributed by atoms with Gasteiger partial charge in [-0.15, -0.1) is 0 Å². The summed E-state index contributed by atoms with van der Waals surface area (Å²) in [5.41, 5.74) is -1.99. The fraction of sp³-hybridized carbons (Fsp3) is 0.875. The highest BCUT2D eigenvalue weighted by atomic mass is 16.3. The minimum atomic E-state index is -1.99. The van der Waals surface area contributed by atoms with Gasteiger partial charge in [0.25, 0.3) is 0 Å².